The molecule has 36 heavy (non-hydrogen) atoms. The van der Waals surface area contributed by atoms with Gasteiger partial charge in [0.1, 0.15) is 18.8 Å². The molecule has 7 rings (SSSR count). The highest BCUT2D eigenvalue weighted by molar-refractivity contribution is 5.80. The predicted molar refractivity (Wildman–Crippen MR) is 139 cm³/mol. The number of ether oxygens (including phenoxy) is 1. The molecular weight excluding hydrogens is 448 g/mol. The van der Waals surface area contributed by atoms with Crippen molar-refractivity contribution in [2.24, 2.45) is 28.6 Å². The molecule has 3 aromatic rings. The first-order chi connectivity index (χ1) is 17.5. The van der Waals surface area contributed by atoms with Gasteiger partial charge in [0.25, 0.3) is 0 Å². The smallest absolute Gasteiger partial charge is 0.419 e. The maximum absolute atomic E-state index is 12.5. The lowest BCUT2D eigenvalue weighted by Gasteiger charge is -2.57. The molecular formula is C30H34N4O2. The Bertz CT molecular complexity index is 1380. The Labute approximate surface area is 212 Å². The monoisotopic (exact) mass is 482 g/mol. The summed E-state index contributed by atoms with van der Waals surface area (Å²) in [6, 6.07) is 8.48. The molecule has 2 aromatic heterocycles. The van der Waals surface area contributed by atoms with E-state index in [9.17, 15) is 4.79 Å². The van der Waals surface area contributed by atoms with Crippen LogP contribution in [0.1, 0.15) is 58.8 Å². The van der Waals surface area contributed by atoms with Crippen LogP contribution >= 0.6 is 0 Å². The third-order valence-corrected chi connectivity index (χ3v) is 10.3. The normalized spacial score (nSPS) is 35.4. The molecule has 0 bridgehead atoms. The molecule has 4 aliphatic carbocycles. The average Bonchev–Trinajstić information content (AvgIpc) is 3.62. The SMILES string of the molecule is CC12CC[C@H](OC(=O)n3ccnc3)CC1=CCC1C2CC[C@]2(C)C(n3cnc4ccccc43)=CCC12. The number of carbonyl (C=O) groups excluding carboxylic acids is 1. The van der Waals surface area contributed by atoms with E-state index in [1.807, 2.05) is 6.33 Å². The fourth-order valence-corrected chi connectivity index (χ4v) is 8.37. The van der Waals surface area contributed by atoms with Crippen molar-refractivity contribution in [2.75, 3.05) is 0 Å². The van der Waals surface area contributed by atoms with Crippen LogP contribution in [-0.4, -0.2) is 31.3 Å². The number of nitrogens with zero attached hydrogens (tertiary/aromatic N) is 4. The zero-order chi connectivity index (χ0) is 24.5. The largest absolute Gasteiger partial charge is 0.445 e. The van der Waals surface area contributed by atoms with Gasteiger partial charge in [0.2, 0.25) is 0 Å². The fraction of sp³-hybridized carbons (Fsp3) is 0.500. The quantitative estimate of drug-likeness (QED) is 0.381. The second-order valence-corrected chi connectivity index (χ2v) is 11.9. The Morgan fingerprint density at radius 3 is 2.75 bits per heavy atom. The van der Waals surface area contributed by atoms with Gasteiger partial charge in [0.05, 0.1) is 11.0 Å². The zero-order valence-electron chi connectivity index (χ0n) is 21.1. The summed E-state index contributed by atoms with van der Waals surface area (Å²) in [5.74, 6) is 2.07. The van der Waals surface area contributed by atoms with Gasteiger partial charge in [0, 0.05) is 29.9 Å². The number of benzene rings is 1. The van der Waals surface area contributed by atoms with Crippen LogP contribution in [-0.2, 0) is 4.74 Å². The summed E-state index contributed by atoms with van der Waals surface area (Å²) in [7, 11) is 0. The van der Waals surface area contributed by atoms with Crippen LogP contribution < -0.4 is 0 Å². The van der Waals surface area contributed by atoms with Gasteiger partial charge in [-0.15, -0.1) is 0 Å². The predicted octanol–water partition coefficient (Wildman–Crippen LogP) is 6.70. The molecule has 0 N–H and O–H groups in total. The van der Waals surface area contributed by atoms with Gasteiger partial charge < -0.3 is 9.30 Å². The molecule has 4 aliphatic rings. The van der Waals surface area contributed by atoms with E-state index in [2.05, 4.69) is 59.8 Å². The van der Waals surface area contributed by atoms with Gasteiger partial charge in [-0.25, -0.2) is 19.3 Å². The number of fused-ring (bicyclic) bond motifs is 6. The van der Waals surface area contributed by atoms with Crippen LogP contribution in [0.4, 0.5) is 4.79 Å². The molecule has 0 amide bonds. The van der Waals surface area contributed by atoms with Crippen molar-refractivity contribution >= 4 is 22.8 Å². The summed E-state index contributed by atoms with van der Waals surface area (Å²) < 4.78 is 9.66. The second kappa shape index (κ2) is 7.92. The van der Waals surface area contributed by atoms with Crippen molar-refractivity contribution in [2.45, 2.75) is 64.9 Å². The van der Waals surface area contributed by atoms with E-state index in [1.165, 1.54) is 40.5 Å². The van der Waals surface area contributed by atoms with Crippen molar-refractivity contribution in [1.29, 1.82) is 0 Å². The number of hydrogen-bond acceptors (Lipinski definition) is 4. The van der Waals surface area contributed by atoms with Gasteiger partial charge in [-0.1, -0.05) is 43.7 Å². The number of carbonyl (C=O) groups is 1. The number of allylic oxidation sites excluding steroid dienone is 3. The zero-order valence-corrected chi connectivity index (χ0v) is 21.1. The number of imidazole rings is 2. The van der Waals surface area contributed by atoms with Crippen molar-refractivity contribution in [3.8, 4) is 0 Å². The highest BCUT2D eigenvalue weighted by Gasteiger charge is 2.57. The molecule has 6 atom stereocenters. The van der Waals surface area contributed by atoms with Crippen LogP contribution in [0, 0.1) is 28.6 Å². The molecule has 6 heteroatoms. The molecule has 0 spiro atoms. The highest BCUT2D eigenvalue weighted by atomic mass is 16.6. The van der Waals surface area contributed by atoms with Crippen LogP contribution in [0.5, 0.6) is 0 Å². The number of aromatic nitrogens is 4. The third kappa shape index (κ3) is 3.12. The van der Waals surface area contributed by atoms with Crippen molar-refractivity contribution in [1.82, 2.24) is 19.1 Å². The van der Waals surface area contributed by atoms with E-state index in [0.29, 0.717) is 17.8 Å². The van der Waals surface area contributed by atoms with Crippen molar-refractivity contribution < 1.29 is 9.53 Å². The van der Waals surface area contributed by atoms with Gasteiger partial charge in [-0.3, -0.25) is 0 Å². The van der Waals surface area contributed by atoms with E-state index in [1.54, 1.807) is 12.4 Å². The Kier molecular flexibility index (Phi) is 4.86. The van der Waals surface area contributed by atoms with Crippen molar-refractivity contribution in [3.05, 3.63) is 67.0 Å². The number of para-hydroxylation sites is 2. The summed E-state index contributed by atoms with van der Waals surface area (Å²) in [6.07, 6.45) is 19.1. The molecule has 6 nitrogen and oxygen atoms in total. The van der Waals surface area contributed by atoms with Crippen LogP contribution in [0.3, 0.4) is 0 Å². The molecule has 0 saturated heterocycles. The Morgan fingerprint density at radius 2 is 1.89 bits per heavy atom. The summed E-state index contributed by atoms with van der Waals surface area (Å²) in [5.41, 5.74) is 5.66. The van der Waals surface area contributed by atoms with Gasteiger partial charge in [-0.05, 0) is 73.8 Å². The van der Waals surface area contributed by atoms with E-state index in [4.69, 9.17) is 9.72 Å². The van der Waals surface area contributed by atoms with Gasteiger partial charge in [-0.2, -0.15) is 0 Å². The van der Waals surface area contributed by atoms with E-state index in [-0.39, 0.29) is 23.0 Å². The first-order valence-electron chi connectivity index (χ1n) is 13.5. The number of rotatable bonds is 2. The van der Waals surface area contributed by atoms with Crippen LogP contribution in [0.15, 0.2) is 67.0 Å². The fourth-order valence-electron chi connectivity index (χ4n) is 8.37. The third-order valence-electron chi connectivity index (χ3n) is 10.3. The average molecular weight is 483 g/mol. The molecule has 0 aliphatic heterocycles. The van der Waals surface area contributed by atoms with E-state index < -0.39 is 0 Å². The maximum atomic E-state index is 12.5. The molecule has 2 fully saturated rings. The summed E-state index contributed by atoms with van der Waals surface area (Å²) in [6.45, 7) is 5.01. The minimum Gasteiger partial charge on any atom is -0.445 e. The molecule has 4 unspecified atom stereocenters. The molecule has 1 aromatic carbocycles. The Morgan fingerprint density at radius 1 is 1.03 bits per heavy atom. The lowest BCUT2D eigenvalue weighted by Crippen LogP contribution is -2.50. The Hall–Kier alpha value is -3.15. The van der Waals surface area contributed by atoms with E-state index >= 15 is 0 Å². The molecule has 2 saturated carbocycles. The Balaban J connectivity index is 1.13. The second-order valence-electron chi connectivity index (χ2n) is 11.9. The lowest BCUT2D eigenvalue weighted by atomic mass is 9.48. The molecule has 186 valence electrons. The van der Waals surface area contributed by atoms with E-state index in [0.717, 1.165) is 37.6 Å². The van der Waals surface area contributed by atoms with Gasteiger partial charge >= 0.3 is 6.09 Å². The first kappa shape index (κ1) is 22.1. The topological polar surface area (TPSA) is 61.9 Å². The highest BCUT2D eigenvalue weighted by Crippen LogP contribution is 2.65. The van der Waals surface area contributed by atoms with Crippen LogP contribution in [0.25, 0.3) is 16.7 Å². The molecule has 2 heterocycles. The first-order valence-corrected chi connectivity index (χ1v) is 13.5. The lowest BCUT2D eigenvalue weighted by molar-refractivity contribution is -0.0271. The summed E-state index contributed by atoms with van der Waals surface area (Å²) >= 11 is 0. The van der Waals surface area contributed by atoms with Gasteiger partial charge in [0.15, 0.2) is 0 Å². The maximum Gasteiger partial charge on any atom is 0.419 e. The summed E-state index contributed by atoms with van der Waals surface area (Å²) in [4.78, 5) is 21.1. The van der Waals surface area contributed by atoms with Crippen LogP contribution in [0.2, 0.25) is 0 Å². The standard InChI is InChI=1S/C30H34N4O2/c1-29-13-11-21(36-28(35)33-16-15-31-18-33)17-20(29)7-8-22-23-9-10-27(30(23,2)14-12-24(22)29)34-19-32-25-5-3-4-6-26(25)34/h3-7,10,15-16,18-19,21-24H,8-9,11-14,17H2,1-2H3/t21-,22?,23?,24?,29?,30-/m0/s1. The number of hydrogen-bond donors (Lipinski definition) is 0. The summed E-state index contributed by atoms with van der Waals surface area (Å²) in [5, 5.41) is 0. The minimum atomic E-state index is -0.319. The molecule has 0 radical (unpaired) electrons. The minimum absolute atomic E-state index is 0.0427. The van der Waals surface area contributed by atoms with Crippen molar-refractivity contribution in [3.63, 3.8) is 0 Å².